The normalized spacial score (nSPS) is 18.6. The van der Waals surface area contributed by atoms with E-state index in [1.54, 1.807) is 0 Å². The second-order valence-corrected chi connectivity index (χ2v) is 13.2. The van der Waals surface area contributed by atoms with Gasteiger partial charge in [-0.05, 0) is 103 Å². The molecule has 49 heavy (non-hydrogen) atoms. The van der Waals surface area contributed by atoms with E-state index in [1.165, 1.54) is 0 Å². The largest absolute Gasteiger partial charge is 0.457 e. The van der Waals surface area contributed by atoms with E-state index in [1.807, 2.05) is 109 Å². The lowest BCUT2D eigenvalue weighted by molar-refractivity contribution is 0.130. The molecule has 0 heterocycles. The van der Waals surface area contributed by atoms with Crippen molar-refractivity contribution in [2.45, 2.75) is 11.2 Å². The molecule has 0 amide bonds. The van der Waals surface area contributed by atoms with E-state index in [2.05, 4.69) is 60.7 Å². The van der Waals surface area contributed by atoms with E-state index in [9.17, 15) is 10.2 Å². The Balaban J connectivity index is 0.980. The zero-order chi connectivity index (χ0) is 32.7. The predicted molar refractivity (Wildman–Crippen MR) is 196 cm³/mol. The topological polar surface area (TPSA) is 49.7 Å². The fraction of sp³-hybridized carbons (Fsp3) is 0.0435. The summed E-state index contributed by atoms with van der Waals surface area (Å²) >= 11 is 0. The van der Waals surface area contributed by atoms with Gasteiger partial charge >= 0.3 is 0 Å². The first kappa shape index (κ1) is 28.1. The van der Waals surface area contributed by atoms with Gasteiger partial charge in [-0.25, -0.2) is 0 Å². The SMILES string of the molecule is OC1(c2ccc(Oc3ccc(C4(O)c5ccccc5-c5cc6ccccc6cc54)cc3)cc2)c2ccccc2-c2cc3ccccc3cc21. The first-order valence-electron chi connectivity index (χ1n) is 16.6. The summed E-state index contributed by atoms with van der Waals surface area (Å²) in [5, 5.41) is 29.5. The van der Waals surface area contributed by atoms with E-state index >= 15 is 0 Å². The van der Waals surface area contributed by atoms with Crippen LogP contribution in [-0.4, -0.2) is 10.2 Å². The third kappa shape index (κ3) is 3.98. The van der Waals surface area contributed by atoms with E-state index < -0.39 is 11.2 Å². The van der Waals surface area contributed by atoms with Crippen molar-refractivity contribution in [2.75, 3.05) is 0 Å². The first-order chi connectivity index (χ1) is 24.0. The van der Waals surface area contributed by atoms with Crippen molar-refractivity contribution >= 4 is 21.5 Å². The van der Waals surface area contributed by atoms with Gasteiger partial charge in [0.15, 0.2) is 0 Å². The summed E-state index contributed by atoms with van der Waals surface area (Å²) in [4.78, 5) is 0. The maximum atomic E-state index is 12.5. The van der Waals surface area contributed by atoms with Gasteiger partial charge in [0.2, 0.25) is 0 Å². The summed E-state index contributed by atoms with van der Waals surface area (Å²) in [7, 11) is 0. The number of benzene rings is 8. The zero-order valence-corrected chi connectivity index (χ0v) is 26.5. The van der Waals surface area contributed by atoms with Crippen molar-refractivity contribution in [3.8, 4) is 33.8 Å². The second kappa shape index (κ2) is 10.2. The minimum atomic E-state index is -1.29. The quantitative estimate of drug-likeness (QED) is 0.203. The lowest BCUT2D eigenvalue weighted by atomic mass is 9.83. The fourth-order valence-electron chi connectivity index (χ4n) is 8.17. The third-order valence-electron chi connectivity index (χ3n) is 10.5. The highest BCUT2D eigenvalue weighted by Crippen LogP contribution is 2.53. The highest BCUT2D eigenvalue weighted by molar-refractivity contribution is 5.95. The van der Waals surface area contributed by atoms with Crippen LogP contribution in [0.4, 0.5) is 0 Å². The Kier molecular flexibility index (Phi) is 5.87. The monoisotopic (exact) mass is 630 g/mol. The van der Waals surface area contributed by atoms with Crippen LogP contribution < -0.4 is 4.74 Å². The first-order valence-corrected chi connectivity index (χ1v) is 16.6. The molecule has 0 fully saturated rings. The average molecular weight is 631 g/mol. The van der Waals surface area contributed by atoms with Crippen molar-refractivity contribution in [3.63, 3.8) is 0 Å². The molecule has 8 aromatic carbocycles. The molecule has 0 saturated carbocycles. The van der Waals surface area contributed by atoms with Crippen molar-refractivity contribution < 1.29 is 14.9 Å². The Hall–Kier alpha value is -6.00. The van der Waals surface area contributed by atoms with E-state index in [4.69, 9.17) is 4.74 Å². The van der Waals surface area contributed by atoms with Crippen LogP contribution in [0.2, 0.25) is 0 Å². The molecule has 3 nitrogen and oxygen atoms in total. The van der Waals surface area contributed by atoms with Gasteiger partial charge in [0.05, 0.1) is 0 Å². The number of hydrogen-bond acceptors (Lipinski definition) is 3. The lowest BCUT2D eigenvalue weighted by Crippen LogP contribution is -2.26. The number of hydrogen-bond donors (Lipinski definition) is 2. The summed E-state index contributed by atoms with van der Waals surface area (Å²) in [5.41, 5.74) is 6.73. The maximum Gasteiger partial charge on any atom is 0.141 e. The lowest BCUT2D eigenvalue weighted by Gasteiger charge is -2.27. The average Bonchev–Trinajstić information content (AvgIpc) is 3.56. The highest BCUT2D eigenvalue weighted by Gasteiger charge is 2.44. The molecule has 3 heteroatoms. The molecule has 232 valence electrons. The van der Waals surface area contributed by atoms with Crippen LogP contribution in [0.15, 0.2) is 170 Å². The van der Waals surface area contributed by atoms with E-state index in [0.29, 0.717) is 11.5 Å². The summed E-state index contributed by atoms with van der Waals surface area (Å²) in [6.07, 6.45) is 0. The Morgan fingerprint density at radius 1 is 0.327 bits per heavy atom. The fourth-order valence-corrected chi connectivity index (χ4v) is 8.17. The summed E-state index contributed by atoms with van der Waals surface area (Å²) in [6.45, 7) is 0. The molecular weight excluding hydrogens is 601 g/mol. The standard InChI is InChI=1S/C46H30O3/c47-45(41-15-7-5-13-37(41)39-25-29-9-1-3-11-31(29)27-43(39)45)33-17-21-35(22-18-33)49-36-23-19-34(20-24-36)46(48)42-16-8-6-14-38(42)40-26-30-10-2-4-12-32(30)28-44(40)46/h1-28,47-48H. The van der Waals surface area contributed by atoms with Gasteiger partial charge in [0.1, 0.15) is 22.7 Å². The molecule has 8 aromatic rings. The number of aliphatic hydroxyl groups is 2. The molecule has 2 N–H and O–H groups in total. The second-order valence-electron chi connectivity index (χ2n) is 13.2. The predicted octanol–water partition coefficient (Wildman–Crippen LogP) is 10.3. The van der Waals surface area contributed by atoms with Crippen LogP contribution in [-0.2, 0) is 11.2 Å². The molecule has 0 radical (unpaired) electrons. The minimum Gasteiger partial charge on any atom is -0.457 e. The summed E-state index contributed by atoms with van der Waals surface area (Å²) in [5.74, 6) is 1.32. The van der Waals surface area contributed by atoms with Gasteiger partial charge in [0, 0.05) is 22.3 Å². The number of ether oxygens (including phenoxy) is 1. The number of rotatable bonds is 4. The van der Waals surface area contributed by atoms with E-state index in [-0.39, 0.29) is 0 Å². The molecule has 2 aliphatic rings. The van der Waals surface area contributed by atoms with Crippen LogP contribution in [0.25, 0.3) is 43.8 Å². The van der Waals surface area contributed by atoms with Crippen LogP contribution >= 0.6 is 0 Å². The van der Waals surface area contributed by atoms with Crippen molar-refractivity contribution in [2.24, 2.45) is 0 Å². The van der Waals surface area contributed by atoms with E-state index in [0.717, 1.165) is 77.2 Å². The van der Waals surface area contributed by atoms with Gasteiger partial charge in [0.25, 0.3) is 0 Å². The summed E-state index contributed by atoms with van der Waals surface area (Å²) < 4.78 is 6.31. The van der Waals surface area contributed by atoms with Crippen LogP contribution in [0.5, 0.6) is 11.5 Å². The number of fused-ring (bicyclic) bond motifs is 8. The Morgan fingerprint density at radius 2 is 0.673 bits per heavy atom. The molecular formula is C46H30O3. The molecule has 0 spiro atoms. The van der Waals surface area contributed by atoms with Crippen LogP contribution in [0.1, 0.15) is 33.4 Å². The van der Waals surface area contributed by atoms with Crippen LogP contribution in [0, 0.1) is 0 Å². The van der Waals surface area contributed by atoms with Crippen molar-refractivity contribution in [3.05, 3.63) is 203 Å². The van der Waals surface area contributed by atoms with Gasteiger partial charge in [-0.2, -0.15) is 0 Å². The molecule has 2 unspecified atom stereocenters. The maximum absolute atomic E-state index is 12.5. The zero-order valence-electron chi connectivity index (χ0n) is 26.5. The Labute approximate surface area is 284 Å². The highest BCUT2D eigenvalue weighted by atomic mass is 16.5. The van der Waals surface area contributed by atoms with Crippen LogP contribution in [0.3, 0.4) is 0 Å². The molecule has 0 aliphatic heterocycles. The minimum absolute atomic E-state index is 0.659. The van der Waals surface area contributed by atoms with Gasteiger partial charge in [-0.1, -0.05) is 121 Å². The molecule has 10 rings (SSSR count). The molecule has 0 aromatic heterocycles. The Morgan fingerprint density at radius 3 is 1.08 bits per heavy atom. The van der Waals surface area contributed by atoms with Crippen molar-refractivity contribution in [1.29, 1.82) is 0 Å². The molecule has 0 saturated heterocycles. The molecule has 2 atom stereocenters. The van der Waals surface area contributed by atoms with Gasteiger partial charge < -0.3 is 14.9 Å². The Bertz CT molecular complexity index is 2420. The summed E-state index contributed by atoms with van der Waals surface area (Å²) in [6, 6.07) is 56.8. The van der Waals surface area contributed by atoms with Gasteiger partial charge in [-0.15, -0.1) is 0 Å². The third-order valence-corrected chi connectivity index (χ3v) is 10.5. The molecule has 2 aliphatic carbocycles. The van der Waals surface area contributed by atoms with Crippen molar-refractivity contribution in [1.82, 2.24) is 0 Å². The molecule has 0 bridgehead atoms. The smallest absolute Gasteiger partial charge is 0.141 e. The van der Waals surface area contributed by atoms with Gasteiger partial charge in [-0.3, -0.25) is 0 Å².